The van der Waals surface area contributed by atoms with E-state index in [9.17, 15) is 5.26 Å². The van der Waals surface area contributed by atoms with Crippen molar-refractivity contribution in [1.82, 2.24) is 15.0 Å². The second kappa shape index (κ2) is 14.9. The smallest absolute Gasteiger partial charge is 0.164 e. The van der Waals surface area contributed by atoms with E-state index in [1.54, 1.807) is 0 Å². The molecular formula is C58H48N4. The fourth-order valence-electron chi connectivity index (χ4n) is 11.1. The highest BCUT2D eigenvalue weighted by atomic mass is 15.0. The molecule has 3 aliphatic rings. The van der Waals surface area contributed by atoms with Crippen LogP contribution < -0.4 is 0 Å². The van der Waals surface area contributed by atoms with Gasteiger partial charge in [0.2, 0.25) is 0 Å². The molecule has 0 spiro atoms. The molecule has 62 heavy (non-hydrogen) atoms. The highest BCUT2D eigenvalue weighted by Gasteiger charge is 2.42. The summed E-state index contributed by atoms with van der Waals surface area (Å²) in [5.74, 6) is 3.67. The third kappa shape index (κ3) is 6.73. The van der Waals surface area contributed by atoms with Crippen LogP contribution in [0.4, 0.5) is 0 Å². The van der Waals surface area contributed by atoms with Gasteiger partial charge in [-0.15, -0.1) is 0 Å². The highest BCUT2D eigenvalue weighted by Crippen LogP contribution is 2.52. The van der Waals surface area contributed by atoms with E-state index in [1.807, 2.05) is 6.07 Å². The topological polar surface area (TPSA) is 62.5 Å². The van der Waals surface area contributed by atoms with Gasteiger partial charge in [0.25, 0.3) is 0 Å². The largest absolute Gasteiger partial charge is 0.208 e. The molecule has 3 atom stereocenters. The van der Waals surface area contributed by atoms with Gasteiger partial charge in [-0.25, -0.2) is 15.0 Å². The molecule has 11 rings (SSSR count). The van der Waals surface area contributed by atoms with Crippen LogP contribution in [0.2, 0.25) is 0 Å². The van der Waals surface area contributed by atoms with Crippen LogP contribution in [-0.4, -0.2) is 15.0 Å². The Bertz CT molecular complexity index is 2960. The van der Waals surface area contributed by atoms with Crippen molar-refractivity contribution in [3.63, 3.8) is 0 Å². The van der Waals surface area contributed by atoms with Gasteiger partial charge in [0.15, 0.2) is 17.5 Å². The monoisotopic (exact) mass is 800 g/mol. The molecule has 0 N–H and O–H groups in total. The summed E-state index contributed by atoms with van der Waals surface area (Å²) in [6, 6.07) is 60.7. The summed E-state index contributed by atoms with van der Waals surface area (Å²) in [6.07, 6.45) is 6.74. The molecule has 1 heterocycles. The Morgan fingerprint density at radius 2 is 0.903 bits per heavy atom. The van der Waals surface area contributed by atoms with Gasteiger partial charge < -0.3 is 0 Å². The van der Waals surface area contributed by atoms with E-state index in [1.165, 1.54) is 59.9 Å². The first-order valence-electron chi connectivity index (χ1n) is 22.1. The second-order valence-corrected chi connectivity index (χ2v) is 18.8. The van der Waals surface area contributed by atoms with Crippen molar-refractivity contribution >= 4 is 0 Å². The molecule has 0 radical (unpaired) electrons. The summed E-state index contributed by atoms with van der Waals surface area (Å²) >= 11 is 0. The van der Waals surface area contributed by atoms with Crippen LogP contribution >= 0.6 is 0 Å². The first-order chi connectivity index (χ1) is 30.2. The van der Waals surface area contributed by atoms with Crippen molar-refractivity contribution in [2.24, 2.45) is 11.8 Å². The lowest BCUT2D eigenvalue weighted by Gasteiger charge is -2.38. The average Bonchev–Trinajstić information content (AvgIpc) is 3.79. The zero-order valence-corrected chi connectivity index (χ0v) is 35.6. The Hall–Kier alpha value is -6.96. The van der Waals surface area contributed by atoms with Gasteiger partial charge in [-0.3, -0.25) is 0 Å². The number of benzene rings is 7. The van der Waals surface area contributed by atoms with Gasteiger partial charge in [0, 0.05) is 22.1 Å². The average molecular weight is 801 g/mol. The molecule has 0 aliphatic heterocycles. The van der Waals surface area contributed by atoms with Gasteiger partial charge in [0.1, 0.15) is 0 Å². The summed E-state index contributed by atoms with van der Waals surface area (Å²) in [5, 5.41) is 9.63. The van der Waals surface area contributed by atoms with Crippen LogP contribution in [0.1, 0.15) is 75.1 Å². The molecule has 3 aliphatic carbocycles. The van der Waals surface area contributed by atoms with Crippen LogP contribution in [-0.2, 0) is 10.8 Å². The maximum absolute atomic E-state index is 9.63. The van der Waals surface area contributed by atoms with Crippen molar-refractivity contribution < 1.29 is 0 Å². The van der Waals surface area contributed by atoms with Crippen molar-refractivity contribution in [2.75, 3.05) is 0 Å². The highest BCUT2D eigenvalue weighted by molar-refractivity contribution is 5.85. The SMILES string of the molecule is CC1(c2ccc(-c3nc(-c4ccc(-c5ccc6c(c5)C(C)(C)c5cc(C#N)ccc5-6)cc4)nc(-c4cc(-c5ccccc5)cc(-c5ccccc5)c4)n3)cc2)C[C@@H]2CC[C@@H](C2)C1. The Balaban J connectivity index is 0.999. The van der Waals surface area contributed by atoms with Crippen molar-refractivity contribution in [3.8, 4) is 84.7 Å². The van der Waals surface area contributed by atoms with Gasteiger partial charge in [0.05, 0.1) is 11.6 Å². The van der Waals surface area contributed by atoms with E-state index >= 15 is 0 Å². The number of aromatic nitrogens is 3. The summed E-state index contributed by atoms with van der Waals surface area (Å²) < 4.78 is 0. The zero-order valence-electron chi connectivity index (χ0n) is 35.6. The minimum atomic E-state index is -0.213. The molecule has 0 amide bonds. The fourth-order valence-corrected chi connectivity index (χ4v) is 11.1. The molecule has 8 aromatic rings. The normalized spacial score (nSPS) is 19.4. The molecule has 1 aromatic heterocycles. The third-order valence-electron chi connectivity index (χ3n) is 14.3. The molecule has 2 saturated carbocycles. The molecular weight excluding hydrogens is 753 g/mol. The quantitative estimate of drug-likeness (QED) is 0.161. The van der Waals surface area contributed by atoms with Crippen LogP contribution in [0.25, 0.3) is 78.7 Å². The first kappa shape index (κ1) is 38.0. The minimum absolute atomic E-state index is 0.213. The van der Waals surface area contributed by atoms with Crippen molar-refractivity contribution in [1.29, 1.82) is 5.26 Å². The summed E-state index contributed by atoms with van der Waals surface area (Å²) in [7, 11) is 0. The predicted molar refractivity (Wildman–Crippen MR) is 252 cm³/mol. The van der Waals surface area contributed by atoms with Crippen molar-refractivity contribution in [2.45, 2.75) is 63.7 Å². The lowest BCUT2D eigenvalue weighted by atomic mass is 9.66. The number of hydrogen-bond donors (Lipinski definition) is 0. The standard InChI is InChI=1S/C58H48N4/c1-57(2)52-29-39(36-59)16-26-50(52)51-27-23-45(33-53(51)57)42-17-19-43(20-18-42)54-60-55(44-21-24-49(25-22-44)58(3)34-37-14-15-38(28-37)35-58)62-56(61-54)48-31-46(40-10-6-4-7-11-40)30-47(32-48)41-12-8-5-9-13-41/h4-13,16-27,29-33,37-38H,14-15,28,34-35H2,1-3H3/t37-,38+,58?. The Kier molecular flexibility index (Phi) is 9.13. The summed E-state index contributed by atoms with van der Waals surface area (Å²) in [4.78, 5) is 15.7. The number of hydrogen-bond acceptors (Lipinski definition) is 4. The van der Waals surface area contributed by atoms with Gasteiger partial charge in [-0.1, -0.05) is 161 Å². The van der Waals surface area contributed by atoms with Gasteiger partial charge in [-0.05, 0) is 134 Å². The molecule has 4 nitrogen and oxygen atoms in total. The Morgan fingerprint density at radius 1 is 0.452 bits per heavy atom. The molecule has 4 heteroatoms. The lowest BCUT2D eigenvalue weighted by molar-refractivity contribution is 0.232. The molecule has 7 aromatic carbocycles. The van der Waals surface area contributed by atoms with Gasteiger partial charge >= 0.3 is 0 Å². The summed E-state index contributed by atoms with van der Waals surface area (Å²) in [6.45, 7) is 6.99. The van der Waals surface area contributed by atoms with Crippen LogP contribution in [0.5, 0.6) is 0 Å². The van der Waals surface area contributed by atoms with Crippen LogP contribution in [0, 0.1) is 23.2 Å². The van der Waals surface area contributed by atoms with E-state index in [4.69, 9.17) is 15.0 Å². The molecule has 0 saturated heterocycles. The number of nitriles is 1. The van der Waals surface area contributed by atoms with E-state index in [-0.39, 0.29) is 10.8 Å². The van der Waals surface area contributed by atoms with E-state index < -0.39 is 0 Å². The first-order valence-corrected chi connectivity index (χ1v) is 22.1. The maximum Gasteiger partial charge on any atom is 0.164 e. The Labute approximate surface area is 365 Å². The number of nitrogens with zero attached hydrogens (tertiary/aromatic N) is 4. The lowest BCUT2D eigenvalue weighted by Crippen LogP contribution is -2.30. The third-order valence-corrected chi connectivity index (χ3v) is 14.3. The van der Waals surface area contributed by atoms with Crippen LogP contribution in [0.15, 0.2) is 164 Å². The number of fused-ring (bicyclic) bond motifs is 5. The Morgan fingerprint density at radius 3 is 1.47 bits per heavy atom. The second-order valence-electron chi connectivity index (χ2n) is 18.8. The number of rotatable bonds is 7. The van der Waals surface area contributed by atoms with E-state index in [2.05, 4.69) is 185 Å². The zero-order chi connectivity index (χ0) is 42.0. The maximum atomic E-state index is 9.63. The molecule has 2 bridgehead atoms. The fraction of sp³-hybridized carbons (Fsp3) is 0.207. The molecule has 1 unspecified atom stereocenters. The molecule has 2 fully saturated rings. The van der Waals surface area contributed by atoms with Crippen molar-refractivity contribution in [3.05, 3.63) is 186 Å². The van der Waals surface area contributed by atoms with E-state index in [0.717, 1.165) is 61.9 Å². The molecule has 300 valence electrons. The van der Waals surface area contributed by atoms with Crippen LogP contribution in [0.3, 0.4) is 0 Å². The predicted octanol–water partition coefficient (Wildman–Crippen LogP) is 14.5. The van der Waals surface area contributed by atoms with E-state index in [0.29, 0.717) is 23.0 Å². The minimum Gasteiger partial charge on any atom is -0.208 e. The summed E-state index contributed by atoms with van der Waals surface area (Å²) in [5.41, 5.74) is 16.7. The van der Waals surface area contributed by atoms with Gasteiger partial charge in [-0.2, -0.15) is 5.26 Å².